The molecule has 4 nitrogen and oxygen atoms in total. The van der Waals surface area contributed by atoms with Crippen molar-refractivity contribution in [1.82, 2.24) is 0 Å². The maximum atomic E-state index is 10.8. The van der Waals surface area contributed by atoms with Crippen molar-refractivity contribution in [3.63, 3.8) is 0 Å². The molecule has 0 radical (unpaired) electrons. The average molecular weight is 184 g/mol. The second kappa shape index (κ2) is 5.99. The maximum Gasteiger partial charge on any atom is 0.333 e. The normalized spacial score (nSPS) is 10.5. The van der Waals surface area contributed by atoms with Gasteiger partial charge < -0.3 is 9.47 Å². The fourth-order valence-electron chi connectivity index (χ4n) is 0.622. The molecule has 0 bridgehead atoms. The number of hydrogen-bond acceptors (Lipinski definition) is 4. The molecular weight excluding hydrogens is 172 g/mol. The summed E-state index contributed by atoms with van der Waals surface area (Å²) in [6.45, 7) is 4.79. The third kappa shape index (κ3) is 4.79. The summed E-state index contributed by atoms with van der Waals surface area (Å²) in [6.07, 6.45) is 2.52. The highest BCUT2D eigenvalue weighted by molar-refractivity contribution is 5.88. The molecule has 0 aromatic heterocycles. The Bertz CT molecular complexity index is 240. The summed E-state index contributed by atoms with van der Waals surface area (Å²) in [7, 11) is 1.28. The number of hydrogen-bond donors (Lipinski definition) is 0. The molecule has 0 unspecified atom stereocenters. The van der Waals surface area contributed by atoms with Gasteiger partial charge in [-0.25, -0.2) is 4.79 Å². The molecule has 0 fully saturated rings. The number of esters is 2. The monoisotopic (exact) mass is 184 g/mol. The van der Waals surface area contributed by atoms with Crippen LogP contribution in [0.3, 0.4) is 0 Å². The Morgan fingerprint density at radius 2 is 2.08 bits per heavy atom. The largest absolute Gasteiger partial charge is 0.466 e. The summed E-state index contributed by atoms with van der Waals surface area (Å²) in [6, 6.07) is 0. The van der Waals surface area contributed by atoms with Crippen molar-refractivity contribution >= 4 is 11.9 Å². The first-order valence-electron chi connectivity index (χ1n) is 3.67. The number of carbonyl (C=O) groups is 2. The van der Waals surface area contributed by atoms with Crippen LogP contribution in [0.1, 0.15) is 13.3 Å². The minimum atomic E-state index is -0.460. The molecule has 0 aliphatic rings. The van der Waals surface area contributed by atoms with E-state index in [0.29, 0.717) is 5.57 Å². The fourth-order valence-corrected chi connectivity index (χ4v) is 0.622. The fraction of sp³-hybridized carbons (Fsp3) is 0.333. The zero-order chi connectivity index (χ0) is 10.3. The molecule has 4 heteroatoms. The molecule has 0 saturated heterocycles. The van der Waals surface area contributed by atoms with Crippen molar-refractivity contribution < 1.29 is 19.1 Å². The Morgan fingerprint density at radius 1 is 1.46 bits per heavy atom. The molecule has 13 heavy (non-hydrogen) atoms. The van der Waals surface area contributed by atoms with Gasteiger partial charge in [0.05, 0.1) is 19.8 Å². The minimum absolute atomic E-state index is 0.0347. The summed E-state index contributed by atoms with van der Waals surface area (Å²) < 4.78 is 8.86. The lowest BCUT2D eigenvalue weighted by Gasteiger charge is -1.97. The van der Waals surface area contributed by atoms with Gasteiger partial charge in [-0.3, -0.25) is 4.79 Å². The van der Waals surface area contributed by atoms with Gasteiger partial charge >= 0.3 is 11.9 Å². The SMILES string of the molecule is C=COC(=O)C/C=C(\C)C(=O)OC. The Morgan fingerprint density at radius 3 is 2.54 bits per heavy atom. The summed E-state index contributed by atoms with van der Waals surface area (Å²) in [5, 5.41) is 0. The number of carbonyl (C=O) groups excluding carboxylic acids is 2. The molecule has 0 rings (SSSR count). The third-order valence-corrected chi connectivity index (χ3v) is 1.30. The van der Waals surface area contributed by atoms with Crippen molar-refractivity contribution in [1.29, 1.82) is 0 Å². The van der Waals surface area contributed by atoms with Gasteiger partial charge in [0.15, 0.2) is 0 Å². The molecule has 0 amide bonds. The van der Waals surface area contributed by atoms with Crippen molar-refractivity contribution in [3.05, 3.63) is 24.5 Å². The molecular formula is C9H12O4. The summed E-state index contributed by atoms with van der Waals surface area (Å²) in [4.78, 5) is 21.6. The Labute approximate surface area is 76.8 Å². The van der Waals surface area contributed by atoms with E-state index in [-0.39, 0.29) is 6.42 Å². The topological polar surface area (TPSA) is 52.6 Å². The van der Waals surface area contributed by atoms with Gasteiger partial charge in [-0.05, 0) is 6.92 Å². The second-order valence-electron chi connectivity index (χ2n) is 2.24. The van der Waals surface area contributed by atoms with E-state index in [4.69, 9.17) is 0 Å². The van der Waals surface area contributed by atoms with Crippen molar-refractivity contribution in [2.45, 2.75) is 13.3 Å². The van der Waals surface area contributed by atoms with Gasteiger partial charge in [-0.15, -0.1) is 0 Å². The predicted molar refractivity (Wildman–Crippen MR) is 46.7 cm³/mol. The average Bonchev–Trinajstić information content (AvgIpc) is 2.13. The molecule has 0 saturated carbocycles. The lowest BCUT2D eigenvalue weighted by Crippen LogP contribution is -2.03. The third-order valence-electron chi connectivity index (χ3n) is 1.30. The van der Waals surface area contributed by atoms with Crippen LogP contribution in [0.5, 0.6) is 0 Å². The number of methoxy groups -OCH3 is 1. The highest BCUT2D eigenvalue weighted by atomic mass is 16.5. The molecule has 0 atom stereocenters. The molecule has 0 aromatic rings. The Hall–Kier alpha value is -1.58. The smallest absolute Gasteiger partial charge is 0.333 e. The number of ether oxygens (including phenoxy) is 2. The van der Waals surface area contributed by atoms with E-state index in [1.165, 1.54) is 13.2 Å². The van der Waals surface area contributed by atoms with Crippen LogP contribution >= 0.6 is 0 Å². The molecule has 0 aliphatic heterocycles. The van der Waals surface area contributed by atoms with E-state index < -0.39 is 11.9 Å². The van der Waals surface area contributed by atoms with Crippen molar-refractivity contribution in [3.8, 4) is 0 Å². The van der Waals surface area contributed by atoms with Crippen LogP contribution in [0.15, 0.2) is 24.5 Å². The van der Waals surface area contributed by atoms with E-state index >= 15 is 0 Å². The van der Waals surface area contributed by atoms with Crippen LogP contribution < -0.4 is 0 Å². The van der Waals surface area contributed by atoms with Gasteiger partial charge in [-0.2, -0.15) is 0 Å². The highest BCUT2D eigenvalue weighted by Gasteiger charge is 2.04. The van der Waals surface area contributed by atoms with Crippen molar-refractivity contribution in [2.24, 2.45) is 0 Å². The predicted octanol–water partition coefficient (Wildman–Crippen LogP) is 1.18. The van der Waals surface area contributed by atoms with E-state index in [0.717, 1.165) is 6.26 Å². The lowest BCUT2D eigenvalue weighted by molar-refractivity contribution is -0.136. The van der Waals surface area contributed by atoms with Gasteiger partial charge in [0.1, 0.15) is 0 Å². The summed E-state index contributed by atoms with van der Waals surface area (Å²) >= 11 is 0. The summed E-state index contributed by atoms with van der Waals surface area (Å²) in [5.74, 6) is -0.912. The first-order valence-corrected chi connectivity index (χ1v) is 3.67. The van der Waals surface area contributed by atoms with E-state index in [2.05, 4.69) is 16.1 Å². The van der Waals surface area contributed by atoms with Gasteiger partial charge in [0.25, 0.3) is 0 Å². The quantitative estimate of drug-likeness (QED) is 0.374. The molecule has 0 aliphatic carbocycles. The molecule has 0 aromatic carbocycles. The molecule has 0 heterocycles. The number of rotatable bonds is 4. The molecule has 72 valence electrons. The first kappa shape index (κ1) is 11.4. The second-order valence-corrected chi connectivity index (χ2v) is 2.24. The van der Waals surface area contributed by atoms with Crippen LogP contribution in [0.2, 0.25) is 0 Å². The standard InChI is InChI=1S/C9H12O4/c1-4-13-8(10)6-5-7(2)9(11)12-3/h4-5H,1,6H2,2-3H3/b7-5+. The Balaban J connectivity index is 4.03. The van der Waals surface area contributed by atoms with Crippen molar-refractivity contribution in [2.75, 3.05) is 7.11 Å². The van der Waals surface area contributed by atoms with Gasteiger partial charge in [-0.1, -0.05) is 12.7 Å². The first-order chi connectivity index (χ1) is 6.11. The summed E-state index contributed by atoms with van der Waals surface area (Å²) in [5.41, 5.74) is 0.378. The van der Waals surface area contributed by atoms with Crippen LogP contribution in [0.25, 0.3) is 0 Å². The zero-order valence-electron chi connectivity index (χ0n) is 7.70. The minimum Gasteiger partial charge on any atom is -0.466 e. The van der Waals surface area contributed by atoms with E-state index in [9.17, 15) is 9.59 Å². The van der Waals surface area contributed by atoms with Crippen LogP contribution in [-0.4, -0.2) is 19.0 Å². The highest BCUT2D eigenvalue weighted by Crippen LogP contribution is 1.99. The Kier molecular flexibility index (Phi) is 5.27. The molecule has 0 spiro atoms. The van der Waals surface area contributed by atoms with Gasteiger partial charge in [0.2, 0.25) is 0 Å². The maximum absolute atomic E-state index is 10.8. The van der Waals surface area contributed by atoms with Gasteiger partial charge in [0, 0.05) is 5.57 Å². The zero-order valence-corrected chi connectivity index (χ0v) is 7.70. The van der Waals surface area contributed by atoms with Crippen LogP contribution in [-0.2, 0) is 19.1 Å². The van der Waals surface area contributed by atoms with Crippen LogP contribution in [0.4, 0.5) is 0 Å². The van der Waals surface area contributed by atoms with E-state index in [1.54, 1.807) is 6.92 Å². The molecule has 0 N–H and O–H groups in total. The lowest BCUT2D eigenvalue weighted by atomic mass is 10.2. The van der Waals surface area contributed by atoms with E-state index in [1.807, 2.05) is 0 Å². The van der Waals surface area contributed by atoms with Crippen LogP contribution in [0, 0.1) is 0 Å².